The van der Waals surface area contributed by atoms with Crippen molar-refractivity contribution in [3.8, 4) is 0 Å². The maximum Gasteiger partial charge on any atom is 0.239 e. The molecule has 1 aromatic rings. The molecule has 1 atom stereocenters. The van der Waals surface area contributed by atoms with Gasteiger partial charge in [0.2, 0.25) is 11.8 Å². The van der Waals surface area contributed by atoms with E-state index in [9.17, 15) is 4.79 Å². The molecule has 0 aromatic carbocycles. The molecule has 0 N–H and O–H groups in total. The molecule has 1 amide bonds. The zero-order valence-electron chi connectivity index (χ0n) is 13.3. The van der Waals surface area contributed by atoms with Crippen LogP contribution in [0.15, 0.2) is 4.52 Å². The van der Waals surface area contributed by atoms with Gasteiger partial charge in [0.25, 0.3) is 0 Å². The Balaban J connectivity index is 1.82. The lowest BCUT2D eigenvalue weighted by Crippen LogP contribution is -2.46. The molecule has 0 unspecified atom stereocenters. The van der Waals surface area contributed by atoms with Crippen molar-refractivity contribution in [1.82, 2.24) is 19.9 Å². The van der Waals surface area contributed by atoms with E-state index in [0.29, 0.717) is 24.7 Å². The third kappa shape index (κ3) is 4.52. The van der Waals surface area contributed by atoms with Gasteiger partial charge in [0.05, 0.1) is 6.04 Å². The highest BCUT2D eigenvalue weighted by atomic mass is 16.5. The van der Waals surface area contributed by atoms with E-state index in [1.807, 2.05) is 14.0 Å². The maximum absolute atomic E-state index is 12.5. The second-order valence-electron chi connectivity index (χ2n) is 5.87. The minimum Gasteiger partial charge on any atom is -0.344 e. The van der Waals surface area contributed by atoms with Crippen LogP contribution < -0.4 is 0 Å². The number of rotatable bonds is 5. The molecule has 0 spiro atoms. The normalized spacial score (nSPS) is 18.2. The molecule has 0 saturated carbocycles. The summed E-state index contributed by atoms with van der Waals surface area (Å²) in [5.41, 5.74) is 0. The quantitative estimate of drug-likeness (QED) is 0.826. The summed E-state index contributed by atoms with van der Waals surface area (Å²) in [7, 11) is 1.85. The molecule has 1 aromatic heterocycles. The number of aromatic nitrogens is 2. The molecule has 118 valence electrons. The Morgan fingerprint density at radius 1 is 1.33 bits per heavy atom. The molecule has 6 nitrogen and oxygen atoms in total. The van der Waals surface area contributed by atoms with Gasteiger partial charge in [-0.1, -0.05) is 18.0 Å². The molecule has 2 rings (SSSR count). The van der Waals surface area contributed by atoms with Gasteiger partial charge >= 0.3 is 0 Å². The Labute approximate surface area is 126 Å². The number of likely N-dealkylation sites (tertiary alicyclic amines) is 1. The first-order valence-corrected chi connectivity index (χ1v) is 7.86. The maximum atomic E-state index is 12.5. The van der Waals surface area contributed by atoms with Crippen molar-refractivity contribution >= 4 is 5.91 Å². The first-order chi connectivity index (χ1) is 10.1. The van der Waals surface area contributed by atoms with E-state index in [1.165, 1.54) is 25.7 Å². The van der Waals surface area contributed by atoms with Gasteiger partial charge in [-0.15, -0.1) is 0 Å². The number of carbonyl (C=O) groups is 1. The van der Waals surface area contributed by atoms with E-state index in [2.05, 4.69) is 15.0 Å². The number of hydrogen-bond donors (Lipinski definition) is 0. The highest BCUT2D eigenvalue weighted by Crippen LogP contribution is 2.13. The van der Waals surface area contributed by atoms with Crippen molar-refractivity contribution in [2.75, 3.05) is 26.7 Å². The minimum atomic E-state index is -0.0416. The fourth-order valence-corrected chi connectivity index (χ4v) is 2.78. The smallest absolute Gasteiger partial charge is 0.239 e. The summed E-state index contributed by atoms with van der Waals surface area (Å²) in [6.07, 6.45) is 5.59. The summed E-state index contributed by atoms with van der Waals surface area (Å²) in [5, 5.41) is 3.86. The average Bonchev–Trinajstić information content (AvgIpc) is 2.74. The Bertz CT molecular complexity index is 452. The Morgan fingerprint density at radius 2 is 2.00 bits per heavy atom. The van der Waals surface area contributed by atoms with Crippen LogP contribution >= 0.6 is 0 Å². The van der Waals surface area contributed by atoms with Gasteiger partial charge in [-0.05, 0) is 32.9 Å². The van der Waals surface area contributed by atoms with Gasteiger partial charge in [-0.25, -0.2) is 0 Å². The molecule has 1 fully saturated rings. The van der Waals surface area contributed by atoms with Crippen molar-refractivity contribution in [2.24, 2.45) is 0 Å². The summed E-state index contributed by atoms with van der Waals surface area (Å²) in [6, 6.07) is -0.0416. The van der Waals surface area contributed by atoms with Crippen LogP contribution in [0.3, 0.4) is 0 Å². The third-order valence-corrected chi connectivity index (χ3v) is 4.16. The summed E-state index contributed by atoms with van der Waals surface area (Å²) < 4.78 is 4.94. The monoisotopic (exact) mass is 294 g/mol. The summed E-state index contributed by atoms with van der Waals surface area (Å²) in [5.74, 6) is 1.41. The SMILES string of the molecule is Cc1nc(CCN(C)C(=O)[C@H](C)N2CCCCCC2)no1. The molecule has 0 bridgehead atoms. The molecular weight excluding hydrogens is 268 g/mol. The number of hydrogen-bond acceptors (Lipinski definition) is 5. The molecule has 1 aliphatic heterocycles. The van der Waals surface area contributed by atoms with E-state index in [-0.39, 0.29) is 11.9 Å². The number of likely N-dealkylation sites (N-methyl/N-ethyl adjacent to an activating group) is 1. The number of nitrogens with zero attached hydrogens (tertiary/aromatic N) is 4. The summed E-state index contributed by atoms with van der Waals surface area (Å²) in [4.78, 5) is 20.8. The Kier molecular flexibility index (Phi) is 5.73. The Hall–Kier alpha value is -1.43. The lowest BCUT2D eigenvalue weighted by Gasteiger charge is -2.30. The first kappa shape index (κ1) is 15.9. The molecule has 0 aliphatic carbocycles. The van der Waals surface area contributed by atoms with E-state index in [0.717, 1.165) is 13.1 Å². The van der Waals surface area contributed by atoms with Crippen LogP contribution in [0.2, 0.25) is 0 Å². The van der Waals surface area contributed by atoms with Crippen molar-refractivity contribution in [1.29, 1.82) is 0 Å². The molecule has 21 heavy (non-hydrogen) atoms. The second kappa shape index (κ2) is 7.54. The molecule has 6 heteroatoms. The number of carbonyl (C=O) groups excluding carboxylic acids is 1. The van der Waals surface area contributed by atoms with Crippen LogP contribution in [0.1, 0.15) is 44.3 Å². The topological polar surface area (TPSA) is 62.5 Å². The fourth-order valence-electron chi connectivity index (χ4n) is 2.78. The van der Waals surface area contributed by atoms with Crippen LogP contribution in [-0.4, -0.2) is 58.6 Å². The standard InChI is InChI=1S/C15H26N4O2/c1-12(19-9-6-4-5-7-10-19)15(20)18(3)11-8-14-16-13(2)21-17-14/h12H,4-11H2,1-3H3/t12-/m0/s1. The summed E-state index contributed by atoms with van der Waals surface area (Å²) in [6.45, 7) is 6.47. The number of aryl methyl sites for hydroxylation is 1. The molecule has 1 saturated heterocycles. The van der Waals surface area contributed by atoms with Crippen molar-refractivity contribution in [2.45, 2.75) is 52.0 Å². The predicted molar refractivity (Wildman–Crippen MR) is 79.9 cm³/mol. The first-order valence-electron chi connectivity index (χ1n) is 7.86. The predicted octanol–water partition coefficient (Wildman–Crippen LogP) is 1.64. The lowest BCUT2D eigenvalue weighted by molar-refractivity contribution is -0.135. The minimum absolute atomic E-state index is 0.0416. The van der Waals surface area contributed by atoms with Crippen molar-refractivity contribution in [3.05, 3.63) is 11.7 Å². The van der Waals surface area contributed by atoms with E-state index < -0.39 is 0 Å². The fraction of sp³-hybridized carbons (Fsp3) is 0.800. The van der Waals surface area contributed by atoms with Gasteiger partial charge in [0.15, 0.2) is 5.82 Å². The van der Waals surface area contributed by atoms with Crippen LogP contribution in [0, 0.1) is 6.92 Å². The van der Waals surface area contributed by atoms with Crippen LogP contribution in [0.5, 0.6) is 0 Å². The molecule has 1 aliphatic rings. The lowest BCUT2D eigenvalue weighted by atomic mass is 10.2. The molecule has 2 heterocycles. The van der Waals surface area contributed by atoms with Gasteiger partial charge in [0, 0.05) is 26.9 Å². The van der Waals surface area contributed by atoms with Crippen molar-refractivity contribution < 1.29 is 9.32 Å². The average molecular weight is 294 g/mol. The van der Waals surface area contributed by atoms with Crippen LogP contribution in [-0.2, 0) is 11.2 Å². The van der Waals surface area contributed by atoms with Crippen LogP contribution in [0.25, 0.3) is 0 Å². The second-order valence-corrected chi connectivity index (χ2v) is 5.87. The van der Waals surface area contributed by atoms with E-state index >= 15 is 0 Å². The van der Waals surface area contributed by atoms with E-state index in [1.54, 1.807) is 11.8 Å². The van der Waals surface area contributed by atoms with E-state index in [4.69, 9.17) is 4.52 Å². The highest BCUT2D eigenvalue weighted by molar-refractivity contribution is 5.81. The number of amides is 1. The van der Waals surface area contributed by atoms with Gasteiger partial charge in [0.1, 0.15) is 0 Å². The van der Waals surface area contributed by atoms with Crippen molar-refractivity contribution in [3.63, 3.8) is 0 Å². The Morgan fingerprint density at radius 3 is 2.57 bits per heavy atom. The molecular formula is C15H26N4O2. The zero-order chi connectivity index (χ0) is 15.2. The van der Waals surface area contributed by atoms with Crippen LogP contribution in [0.4, 0.5) is 0 Å². The zero-order valence-corrected chi connectivity index (χ0v) is 13.3. The summed E-state index contributed by atoms with van der Waals surface area (Å²) >= 11 is 0. The third-order valence-electron chi connectivity index (χ3n) is 4.16. The van der Waals surface area contributed by atoms with Gasteiger partial charge < -0.3 is 9.42 Å². The van der Waals surface area contributed by atoms with Gasteiger partial charge in [-0.3, -0.25) is 9.69 Å². The molecule has 0 radical (unpaired) electrons. The largest absolute Gasteiger partial charge is 0.344 e. The van der Waals surface area contributed by atoms with Gasteiger partial charge in [-0.2, -0.15) is 4.98 Å². The highest BCUT2D eigenvalue weighted by Gasteiger charge is 2.24.